The molecule has 3 rings (SSSR count). The van der Waals surface area contributed by atoms with Gasteiger partial charge in [0.25, 0.3) is 0 Å². The first-order valence-corrected chi connectivity index (χ1v) is 6.58. The van der Waals surface area contributed by atoms with Crippen molar-refractivity contribution in [3.63, 3.8) is 0 Å². The Hall–Kier alpha value is -2.56. The maximum absolute atomic E-state index is 14.1. The molecule has 1 N–H and O–H groups in total. The summed E-state index contributed by atoms with van der Waals surface area (Å²) < 4.78 is 27.2. The van der Waals surface area contributed by atoms with Crippen LogP contribution in [0.5, 0.6) is 0 Å². The van der Waals surface area contributed by atoms with E-state index in [-0.39, 0.29) is 12.1 Å². The van der Waals surface area contributed by atoms with Gasteiger partial charge in [0.15, 0.2) is 11.9 Å². The van der Waals surface area contributed by atoms with Gasteiger partial charge in [0.05, 0.1) is 6.54 Å². The van der Waals surface area contributed by atoms with Gasteiger partial charge < -0.3 is 10.3 Å². The molecule has 2 aromatic rings. The lowest BCUT2D eigenvalue weighted by molar-refractivity contribution is -0.796. The zero-order valence-electron chi connectivity index (χ0n) is 11.8. The highest BCUT2D eigenvalue weighted by atomic mass is 19.1. The lowest BCUT2D eigenvalue weighted by Crippen LogP contribution is -2.49. The lowest BCUT2D eigenvalue weighted by atomic mass is 9.92. The average molecular weight is 322 g/mol. The van der Waals surface area contributed by atoms with Gasteiger partial charge in [-0.3, -0.25) is 0 Å². The topological polar surface area (TPSA) is 98.7 Å². The molecule has 0 spiro atoms. The van der Waals surface area contributed by atoms with E-state index in [9.17, 15) is 19.1 Å². The summed E-state index contributed by atoms with van der Waals surface area (Å²) in [7, 11) is 0. The van der Waals surface area contributed by atoms with Crippen molar-refractivity contribution in [1.82, 2.24) is 14.8 Å². The fraction of sp³-hybridized carbons (Fsp3) is 0.231. The summed E-state index contributed by atoms with van der Waals surface area (Å²) in [5.41, 5.74) is -2.24. The Bertz CT molecular complexity index is 752. The molecule has 2 heterocycles. The molecular weight excluding hydrogens is 310 g/mol. The lowest BCUT2D eigenvalue weighted by Gasteiger charge is -2.37. The van der Waals surface area contributed by atoms with Gasteiger partial charge in [-0.15, -0.1) is 0 Å². The van der Waals surface area contributed by atoms with Crippen LogP contribution < -0.4 is 0 Å². The van der Waals surface area contributed by atoms with E-state index >= 15 is 0 Å². The number of quaternary nitrogens is 1. The van der Waals surface area contributed by atoms with Crippen LogP contribution in [-0.2, 0) is 12.1 Å². The van der Waals surface area contributed by atoms with Crippen LogP contribution in [0.4, 0.5) is 8.78 Å². The van der Waals surface area contributed by atoms with Crippen molar-refractivity contribution in [2.75, 3.05) is 6.54 Å². The Labute approximate surface area is 129 Å². The van der Waals surface area contributed by atoms with Crippen LogP contribution in [0, 0.1) is 16.8 Å². The molecule has 0 saturated carbocycles. The quantitative estimate of drug-likeness (QED) is 0.648. The van der Waals surface area contributed by atoms with Crippen LogP contribution in [0.25, 0.3) is 0 Å². The molecule has 0 aliphatic carbocycles. The first-order chi connectivity index (χ1) is 10.9. The fourth-order valence-electron chi connectivity index (χ4n) is 2.41. The van der Waals surface area contributed by atoms with Crippen molar-refractivity contribution < 1.29 is 18.6 Å². The molecule has 0 fully saturated rings. The van der Waals surface area contributed by atoms with Crippen molar-refractivity contribution in [3.05, 3.63) is 53.3 Å². The number of hydroxylamine groups is 2. The number of hydrogen-bond donors (Lipinski definition) is 1. The first kappa shape index (κ1) is 15.3. The summed E-state index contributed by atoms with van der Waals surface area (Å²) in [5, 5.41) is 30.8. The summed E-state index contributed by atoms with van der Waals surface area (Å²) in [5.74, 6) is -1.76. The molecule has 0 radical (unpaired) electrons. The maximum Gasteiger partial charge on any atom is 0.218 e. The van der Waals surface area contributed by atoms with Gasteiger partial charge in [0, 0.05) is 11.6 Å². The van der Waals surface area contributed by atoms with E-state index < -0.39 is 28.5 Å². The van der Waals surface area contributed by atoms with Crippen LogP contribution >= 0.6 is 0 Å². The van der Waals surface area contributed by atoms with Gasteiger partial charge >= 0.3 is 0 Å². The second kappa shape index (κ2) is 5.57. The molecule has 1 aliphatic rings. The van der Waals surface area contributed by atoms with Gasteiger partial charge in [-0.2, -0.15) is 14.8 Å². The molecule has 8 nitrogen and oxygen atoms in total. The van der Waals surface area contributed by atoms with Gasteiger partial charge in [0.2, 0.25) is 6.34 Å². The number of aliphatic hydroxyl groups is 1. The molecule has 0 bridgehead atoms. The van der Waals surface area contributed by atoms with Crippen molar-refractivity contribution >= 4 is 12.7 Å². The monoisotopic (exact) mass is 322 g/mol. The molecule has 1 aliphatic heterocycles. The summed E-state index contributed by atoms with van der Waals surface area (Å²) >= 11 is 0. The number of aliphatic imine (C=N–C) groups is 1. The summed E-state index contributed by atoms with van der Waals surface area (Å²) in [4.78, 5) is 7.32. The molecule has 120 valence electrons. The van der Waals surface area contributed by atoms with E-state index in [1.165, 1.54) is 17.3 Å². The predicted molar refractivity (Wildman–Crippen MR) is 75.8 cm³/mol. The van der Waals surface area contributed by atoms with Gasteiger partial charge in [-0.25, -0.2) is 18.4 Å². The highest BCUT2D eigenvalue weighted by Crippen LogP contribution is 2.30. The molecule has 23 heavy (non-hydrogen) atoms. The van der Waals surface area contributed by atoms with E-state index in [0.29, 0.717) is 6.07 Å². The number of nitrogens with zero attached hydrogens (tertiary/aromatic N) is 6. The van der Waals surface area contributed by atoms with Crippen LogP contribution in [0.2, 0.25) is 0 Å². The molecule has 2 unspecified atom stereocenters. The second-order valence-electron chi connectivity index (χ2n) is 5.16. The zero-order valence-corrected chi connectivity index (χ0v) is 11.8. The normalized spacial score (nSPS) is 22.4. The van der Waals surface area contributed by atoms with Crippen LogP contribution in [0.15, 0.2) is 40.9 Å². The van der Waals surface area contributed by atoms with Gasteiger partial charge in [-0.1, -0.05) is 5.10 Å². The summed E-state index contributed by atoms with van der Waals surface area (Å²) in [6.45, 7) is -0.823. The predicted octanol–water partition coefficient (Wildman–Crippen LogP) is 0.744. The number of rotatable bonds is 5. The zero-order chi connectivity index (χ0) is 16.5. The second-order valence-corrected chi connectivity index (χ2v) is 5.16. The third-order valence-corrected chi connectivity index (χ3v) is 3.37. The van der Waals surface area contributed by atoms with Crippen molar-refractivity contribution in [1.29, 1.82) is 0 Å². The summed E-state index contributed by atoms with van der Waals surface area (Å²) in [6, 6.07) is 2.73. The number of halogens is 2. The number of aromatic nitrogens is 3. The SMILES string of the molecule is [O-][N+]1(CC(O)(Cn2cncn2)c2ccc(F)cc2F)C=NC=N1. The Morgan fingerprint density at radius 3 is 2.78 bits per heavy atom. The number of hydrogen-bond acceptors (Lipinski definition) is 6. The minimum Gasteiger partial charge on any atom is -0.599 e. The molecule has 0 amide bonds. The molecule has 1 aromatic heterocycles. The van der Waals surface area contributed by atoms with Gasteiger partial charge in [0.1, 0.15) is 30.8 Å². The summed E-state index contributed by atoms with van der Waals surface area (Å²) in [6.07, 6.45) is 4.55. The van der Waals surface area contributed by atoms with E-state index in [1.54, 1.807) is 0 Å². The first-order valence-electron chi connectivity index (χ1n) is 6.58. The Morgan fingerprint density at radius 2 is 2.17 bits per heavy atom. The molecular formula is C13H12F2N6O2. The Morgan fingerprint density at radius 1 is 1.35 bits per heavy atom. The van der Waals surface area contributed by atoms with Crippen molar-refractivity contribution in [3.8, 4) is 0 Å². The molecule has 0 saturated heterocycles. The van der Waals surface area contributed by atoms with Crippen LogP contribution in [-0.4, -0.2) is 43.8 Å². The van der Waals surface area contributed by atoms with Gasteiger partial charge in [-0.05, 0) is 12.1 Å². The molecule has 1 aromatic carbocycles. The smallest absolute Gasteiger partial charge is 0.218 e. The van der Waals surface area contributed by atoms with Crippen LogP contribution in [0.1, 0.15) is 5.56 Å². The van der Waals surface area contributed by atoms with Crippen molar-refractivity contribution in [2.24, 2.45) is 10.1 Å². The van der Waals surface area contributed by atoms with E-state index in [4.69, 9.17) is 0 Å². The molecule has 2 atom stereocenters. The largest absolute Gasteiger partial charge is 0.599 e. The number of benzene rings is 1. The highest BCUT2D eigenvalue weighted by Gasteiger charge is 2.41. The maximum atomic E-state index is 14.1. The molecule has 10 heteroatoms. The Kier molecular flexibility index (Phi) is 3.72. The minimum absolute atomic E-state index is 0.238. The fourth-order valence-corrected chi connectivity index (χ4v) is 2.41. The highest BCUT2D eigenvalue weighted by molar-refractivity contribution is 5.71. The average Bonchev–Trinajstić information content (AvgIpc) is 3.10. The van der Waals surface area contributed by atoms with E-state index in [2.05, 4.69) is 20.2 Å². The Balaban J connectivity index is 2.01. The third kappa shape index (κ3) is 3.13. The van der Waals surface area contributed by atoms with Crippen molar-refractivity contribution in [2.45, 2.75) is 12.1 Å². The van der Waals surface area contributed by atoms with E-state index in [0.717, 1.165) is 24.8 Å². The third-order valence-electron chi connectivity index (χ3n) is 3.37. The van der Waals surface area contributed by atoms with Crippen LogP contribution in [0.3, 0.4) is 0 Å². The van der Waals surface area contributed by atoms with E-state index in [1.807, 2.05) is 0 Å². The standard InChI is InChI=1S/C13H12F2N6O2/c14-10-1-2-11(12(15)3-10)13(22,4-20-8-16-6-18-20)5-21(23)9-17-7-19-21/h1-3,6-9,22H,4-5H2. The minimum atomic E-state index is -2.00.